The lowest BCUT2D eigenvalue weighted by atomic mass is 10.0. The van der Waals surface area contributed by atoms with Crippen molar-refractivity contribution in [2.75, 3.05) is 13.1 Å². The molecule has 2 aromatic heterocycles. The van der Waals surface area contributed by atoms with E-state index in [0.717, 1.165) is 27.9 Å². The predicted octanol–water partition coefficient (Wildman–Crippen LogP) is 3.24. The zero-order valence-electron chi connectivity index (χ0n) is 15.3. The van der Waals surface area contributed by atoms with Crippen molar-refractivity contribution in [3.8, 4) is 0 Å². The molecule has 0 spiro atoms. The van der Waals surface area contributed by atoms with Gasteiger partial charge in [-0.05, 0) is 46.8 Å². The van der Waals surface area contributed by atoms with E-state index in [2.05, 4.69) is 20.6 Å². The summed E-state index contributed by atoms with van der Waals surface area (Å²) in [4.78, 5) is 10.2. The summed E-state index contributed by atoms with van der Waals surface area (Å²) in [6, 6.07) is 3.64. The molecule has 2 rings (SSSR count). The highest BCUT2D eigenvalue weighted by atomic mass is 127. The van der Waals surface area contributed by atoms with Crippen LogP contribution >= 0.6 is 35.3 Å². The maximum atomic E-state index is 10.6. The van der Waals surface area contributed by atoms with Crippen LogP contribution in [0.5, 0.6) is 0 Å². The molecule has 0 aromatic carbocycles. The Kier molecular flexibility index (Phi) is 8.36. The van der Waals surface area contributed by atoms with E-state index in [-0.39, 0.29) is 24.0 Å². The number of furan rings is 1. The Morgan fingerprint density at radius 3 is 2.56 bits per heavy atom. The first-order valence-electron chi connectivity index (χ1n) is 8.06. The summed E-state index contributed by atoms with van der Waals surface area (Å²) < 4.78 is 5.53. The van der Waals surface area contributed by atoms with Gasteiger partial charge in [0.05, 0.1) is 23.8 Å². The van der Waals surface area contributed by atoms with Crippen LogP contribution in [0.3, 0.4) is 0 Å². The molecular weight excluding hydrogens is 451 g/mol. The number of aromatic nitrogens is 1. The van der Waals surface area contributed by atoms with Gasteiger partial charge in [0.25, 0.3) is 0 Å². The number of halogens is 1. The smallest absolute Gasteiger partial charge is 0.191 e. The van der Waals surface area contributed by atoms with E-state index in [1.807, 2.05) is 33.8 Å². The number of hydrogen-bond acceptors (Lipinski definition) is 5. The van der Waals surface area contributed by atoms with E-state index in [1.165, 1.54) is 0 Å². The Bertz CT molecular complexity index is 709. The number of aryl methyl sites for hydroxylation is 3. The number of hydrogen-bond donors (Lipinski definition) is 3. The zero-order chi connectivity index (χ0) is 17.7. The molecule has 1 atom stereocenters. The van der Waals surface area contributed by atoms with Crippen molar-refractivity contribution in [3.63, 3.8) is 0 Å². The Morgan fingerprint density at radius 2 is 2.04 bits per heavy atom. The molecule has 140 valence electrons. The van der Waals surface area contributed by atoms with Gasteiger partial charge < -0.3 is 20.2 Å². The lowest BCUT2D eigenvalue weighted by Crippen LogP contribution is -2.44. The van der Waals surface area contributed by atoms with E-state index >= 15 is 0 Å². The molecule has 0 bridgehead atoms. The summed E-state index contributed by atoms with van der Waals surface area (Å²) >= 11 is 1.66. The normalized spacial score (nSPS) is 13.9. The minimum absolute atomic E-state index is 0. The highest BCUT2D eigenvalue weighted by Crippen LogP contribution is 2.22. The fourth-order valence-electron chi connectivity index (χ4n) is 2.28. The average Bonchev–Trinajstić information content (AvgIpc) is 3.08. The number of guanidine groups is 1. The molecule has 0 saturated heterocycles. The molecule has 2 aromatic rings. The molecule has 0 aliphatic carbocycles. The van der Waals surface area contributed by atoms with Gasteiger partial charge in [0.1, 0.15) is 17.1 Å². The molecule has 0 amide bonds. The maximum absolute atomic E-state index is 10.6. The molecule has 0 saturated carbocycles. The third-order valence-electron chi connectivity index (χ3n) is 3.60. The second kappa shape index (κ2) is 9.54. The Balaban J connectivity index is 0.00000312. The number of rotatable bonds is 6. The van der Waals surface area contributed by atoms with Crippen LogP contribution in [-0.2, 0) is 12.1 Å². The van der Waals surface area contributed by atoms with Gasteiger partial charge in [-0.2, -0.15) is 0 Å². The van der Waals surface area contributed by atoms with E-state index in [4.69, 9.17) is 4.42 Å². The van der Waals surface area contributed by atoms with Crippen LogP contribution in [0.4, 0.5) is 0 Å². The molecule has 8 heteroatoms. The number of thiazole rings is 1. The number of nitrogens with one attached hydrogen (secondary N) is 2. The van der Waals surface area contributed by atoms with Crippen LogP contribution in [0.1, 0.15) is 40.9 Å². The molecule has 6 nitrogen and oxygen atoms in total. The second-order valence-corrected chi connectivity index (χ2v) is 7.26. The molecular formula is C17H27IN4O2S. The van der Waals surface area contributed by atoms with E-state index < -0.39 is 5.60 Å². The van der Waals surface area contributed by atoms with Crippen LogP contribution in [0.15, 0.2) is 21.5 Å². The van der Waals surface area contributed by atoms with Crippen molar-refractivity contribution in [1.29, 1.82) is 0 Å². The highest BCUT2D eigenvalue weighted by molar-refractivity contribution is 14.0. The first-order valence-corrected chi connectivity index (χ1v) is 8.88. The van der Waals surface area contributed by atoms with Crippen molar-refractivity contribution in [2.45, 2.75) is 46.8 Å². The van der Waals surface area contributed by atoms with Crippen molar-refractivity contribution in [3.05, 3.63) is 39.2 Å². The maximum Gasteiger partial charge on any atom is 0.191 e. The molecule has 25 heavy (non-hydrogen) atoms. The van der Waals surface area contributed by atoms with Crippen LogP contribution < -0.4 is 10.6 Å². The lowest BCUT2D eigenvalue weighted by Gasteiger charge is -2.22. The molecule has 3 N–H and O–H groups in total. The van der Waals surface area contributed by atoms with E-state index in [0.29, 0.717) is 24.8 Å². The van der Waals surface area contributed by atoms with Crippen molar-refractivity contribution in [2.24, 2.45) is 4.99 Å². The summed E-state index contributed by atoms with van der Waals surface area (Å²) in [5.74, 6) is 1.98. The highest BCUT2D eigenvalue weighted by Gasteiger charge is 2.27. The second-order valence-electron chi connectivity index (χ2n) is 5.97. The third kappa shape index (κ3) is 6.27. The van der Waals surface area contributed by atoms with E-state index in [1.54, 1.807) is 24.3 Å². The van der Waals surface area contributed by atoms with Gasteiger partial charge >= 0.3 is 0 Å². The van der Waals surface area contributed by atoms with Gasteiger partial charge in [-0.3, -0.25) is 0 Å². The molecule has 0 radical (unpaired) electrons. The van der Waals surface area contributed by atoms with Gasteiger partial charge in [-0.15, -0.1) is 35.3 Å². The summed E-state index contributed by atoms with van der Waals surface area (Å²) in [6.07, 6.45) is 0. The Morgan fingerprint density at radius 1 is 1.32 bits per heavy atom. The third-order valence-corrected chi connectivity index (χ3v) is 4.65. The Hall–Kier alpha value is -1.13. The fraction of sp³-hybridized carbons (Fsp3) is 0.529. The van der Waals surface area contributed by atoms with Crippen LogP contribution in [0.25, 0.3) is 0 Å². The monoisotopic (exact) mass is 478 g/mol. The van der Waals surface area contributed by atoms with Crippen LogP contribution in [-0.4, -0.2) is 29.1 Å². The first-order chi connectivity index (χ1) is 11.3. The van der Waals surface area contributed by atoms with Gasteiger partial charge in [-0.1, -0.05) is 0 Å². The SMILES string of the molecule is CCNC(=NCc1sc(C)nc1C)NCC(C)(O)c1ccc(C)o1.I. The topological polar surface area (TPSA) is 82.7 Å². The summed E-state index contributed by atoms with van der Waals surface area (Å²) in [5, 5.41) is 18.0. The molecule has 0 aliphatic rings. The minimum atomic E-state index is -1.11. The van der Waals surface area contributed by atoms with E-state index in [9.17, 15) is 5.11 Å². The first kappa shape index (κ1) is 21.9. The molecule has 0 fully saturated rings. The standard InChI is InChI=1S/C17H26N4O2S.HI/c1-6-18-16(19-9-14-12(3)21-13(4)24-14)20-10-17(5,22)15-8-7-11(2)23-15;/h7-8,22H,6,9-10H2,1-5H3,(H2,18,19,20);1H. The number of aliphatic hydroxyl groups is 1. The number of aliphatic imine (C=N–C) groups is 1. The van der Waals surface area contributed by atoms with Crippen molar-refractivity contribution >= 4 is 41.3 Å². The van der Waals surface area contributed by atoms with Crippen LogP contribution in [0.2, 0.25) is 0 Å². The van der Waals surface area contributed by atoms with Gasteiger partial charge in [0.2, 0.25) is 0 Å². The van der Waals surface area contributed by atoms with Crippen molar-refractivity contribution in [1.82, 2.24) is 15.6 Å². The quantitative estimate of drug-likeness (QED) is 0.338. The Labute approximate surface area is 170 Å². The minimum Gasteiger partial charge on any atom is -0.463 e. The van der Waals surface area contributed by atoms with Gasteiger partial charge in [-0.25, -0.2) is 9.98 Å². The van der Waals surface area contributed by atoms with Crippen molar-refractivity contribution < 1.29 is 9.52 Å². The van der Waals surface area contributed by atoms with Gasteiger partial charge in [0, 0.05) is 11.4 Å². The predicted molar refractivity (Wildman–Crippen MR) is 113 cm³/mol. The summed E-state index contributed by atoms with van der Waals surface area (Å²) in [5.41, 5.74) is -0.0864. The summed E-state index contributed by atoms with van der Waals surface area (Å²) in [7, 11) is 0. The summed E-state index contributed by atoms with van der Waals surface area (Å²) in [6.45, 7) is 11.2. The molecule has 2 heterocycles. The molecule has 0 aliphatic heterocycles. The number of nitrogens with zero attached hydrogens (tertiary/aromatic N) is 2. The molecule has 1 unspecified atom stereocenters. The lowest BCUT2D eigenvalue weighted by molar-refractivity contribution is 0.0378. The van der Waals surface area contributed by atoms with Crippen LogP contribution in [0, 0.1) is 20.8 Å². The zero-order valence-corrected chi connectivity index (χ0v) is 18.5. The largest absolute Gasteiger partial charge is 0.463 e. The average molecular weight is 478 g/mol. The fourth-order valence-corrected chi connectivity index (χ4v) is 3.14. The van der Waals surface area contributed by atoms with Gasteiger partial charge in [0.15, 0.2) is 5.96 Å².